The van der Waals surface area contributed by atoms with Gasteiger partial charge in [0.25, 0.3) is 0 Å². The third-order valence-corrected chi connectivity index (χ3v) is 5.69. The van der Waals surface area contributed by atoms with E-state index in [4.69, 9.17) is 16.3 Å². The molecule has 3 nitrogen and oxygen atoms in total. The fourth-order valence-corrected chi connectivity index (χ4v) is 3.32. The maximum absolute atomic E-state index is 6.22. The molecule has 1 aliphatic carbocycles. The lowest BCUT2D eigenvalue weighted by atomic mass is 9.80. The number of methoxy groups -OCH3 is 1. The Hall–Kier alpha value is 0.0600. The fraction of sp³-hybridized carbons (Fsp3) is 0.714. The summed E-state index contributed by atoms with van der Waals surface area (Å²) in [5.74, 6) is 2.26. The largest absolute Gasteiger partial charge is 0.378 e. The molecule has 0 N–H and O–H groups in total. The van der Waals surface area contributed by atoms with E-state index in [-0.39, 0.29) is 0 Å². The number of aromatic nitrogens is 2. The molecule has 5 heteroatoms. The SMILES string of the molecule is CCC1CCC(c2nc(Cl)c(I)c(COC)n2)CC1. The van der Waals surface area contributed by atoms with E-state index in [1.54, 1.807) is 7.11 Å². The minimum atomic E-state index is 0.466. The van der Waals surface area contributed by atoms with Crippen LogP contribution in [0.5, 0.6) is 0 Å². The highest BCUT2D eigenvalue weighted by atomic mass is 127. The standard InChI is InChI=1S/C14H20ClIN2O/c1-3-9-4-6-10(7-5-9)14-17-11(8-19-2)12(16)13(15)18-14/h9-10H,3-8H2,1-2H3. The monoisotopic (exact) mass is 394 g/mol. The second-order valence-corrected chi connectivity index (χ2v) is 6.63. The molecule has 0 spiro atoms. The lowest BCUT2D eigenvalue weighted by Crippen LogP contribution is -2.16. The molecule has 1 aliphatic rings. The van der Waals surface area contributed by atoms with Crippen molar-refractivity contribution in [3.8, 4) is 0 Å². The minimum absolute atomic E-state index is 0.466. The molecule has 1 fully saturated rings. The first-order valence-electron chi connectivity index (χ1n) is 6.86. The first-order chi connectivity index (χ1) is 9.15. The van der Waals surface area contributed by atoms with Gasteiger partial charge in [-0.3, -0.25) is 0 Å². The van der Waals surface area contributed by atoms with E-state index in [1.165, 1.54) is 32.1 Å². The molecule has 1 aromatic rings. The lowest BCUT2D eigenvalue weighted by Gasteiger charge is -2.27. The van der Waals surface area contributed by atoms with Crippen LogP contribution in [0.2, 0.25) is 5.15 Å². The highest BCUT2D eigenvalue weighted by molar-refractivity contribution is 14.1. The Labute approximate surface area is 133 Å². The number of hydrogen-bond acceptors (Lipinski definition) is 3. The first kappa shape index (κ1) is 15.4. The zero-order valence-corrected chi connectivity index (χ0v) is 14.4. The maximum atomic E-state index is 6.22. The molecule has 0 atom stereocenters. The summed E-state index contributed by atoms with van der Waals surface area (Å²) in [6.45, 7) is 2.78. The van der Waals surface area contributed by atoms with Gasteiger partial charge in [-0.1, -0.05) is 24.9 Å². The Kier molecular flexibility index (Phi) is 5.84. The topological polar surface area (TPSA) is 35.0 Å². The van der Waals surface area contributed by atoms with Crippen LogP contribution in [0, 0.1) is 9.49 Å². The van der Waals surface area contributed by atoms with Gasteiger partial charge in [0.2, 0.25) is 0 Å². The molecule has 0 amide bonds. The summed E-state index contributed by atoms with van der Waals surface area (Å²) in [5, 5.41) is 0.565. The third kappa shape index (κ3) is 3.79. The molecule has 1 heterocycles. The number of nitrogens with zero attached hydrogens (tertiary/aromatic N) is 2. The average molecular weight is 395 g/mol. The van der Waals surface area contributed by atoms with Crippen LogP contribution in [-0.2, 0) is 11.3 Å². The Morgan fingerprint density at radius 1 is 1.26 bits per heavy atom. The van der Waals surface area contributed by atoms with Gasteiger partial charge >= 0.3 is 0 Å². The lowest BCUT2D eigenvalue weighted by molar-refractivity contribution is 0.180. The van der Waals surface area contributed by atoms with Crippen molar-refractivity contribution >= 4 is 34.2 Å². The van der Waals surface area contributed by atoms with Gasteiger partial charge in [0.05, 0.1) is 15.9 Å². The van der Waals surface area contributed by atoms with Gasteiger partial charge in [-0.05, 0) is 54.2 Å². The molecule has 19 heavy (non-hydrogen) atoms. The quantitative estimate of drug-likeness (QED) is 0.554. The van der Waals surface area contributed by atoms with Gasteiger partial charge in [-0.25, -0.2) is 9.97 Å². The number of hydrogen-bond donors (Lipinski definition) is 0. The van der Waals surface area contributed by atoms with E-state index in [0.29, 0.717) is 17.7 Å². The zero-order valence-electron chi connectivity index (χ0n) is 11.5. The Balaban J connectivity index is 2.16. The fourth-order valence-electron chi connectivity index (χ4n) is 2.72. The Bertz CT molecular complexity index is 434. The molecular weight excluding hydrogens is 375 g/mol. The van der Waals surface area contributed by atoms with Crippen LogP contribution in [0.15, 0.2) is 0 Å². The molecule has 0 aromatic carbocycles. The Morgan fingerprint density at radius 3 is 2.53 bits per heavy atom. The van der Waals surface area contributed by atoms with Crippen LogP contribution in [0.3, 0.4) is 0 Å². The van der Waals surface area contributed by atoms with Crippen molar-refractivity contribution in [2.45, 2.75) is 51.6 Å². The van der Waals surface area contributed by atoms with E-state index < -0.39 is 0 Å². The predicted octanol–water partition coefficient (Wildman–Crippen LogP) is 4.56. The van der Waals surface area contributed by atoms with Gasteiger partial charge in [0, 0.05) is 13.0 Å². The predicted molar refractivity (Wildman–Crippen MR) is 85.5 cm³/mol. The molecule has 1 aromatic heterocycles. The third-order valence-electron chi connectivity index (χ3n) is 3.97. The van der Waals surface area contributed by atoms with Crippen molar-refractivity contribution in [2.24, 2.45) is 5.92 Å². The molecule has 1 saturated carbocycles. The van der Waals surface area contributed by atoms with Crippen molar-refractivity contribution < 1.29 is 4.74 Å². The van der Waals surface area contributed by atoms with E-state index in [2.05, 4.69) is 39.5 Å². The second-order valence-electron chi connectivity index (χ2n) is 5.19. The number of ether oxygens (including phenoxy) is 1. The van der Waals surface area contributed by atoms with Crippen LogP contribution in [0.4, 0.5) is 0 Å². The highest BCUT2D eigenvalue weighted by Gasteiger charge is 2.24. The summed E-state index contributed by atoms with van der Waals surface area (Å²) in [6, 6.07) is 0. The summed E-state index contributed by atoms with van der Waals surface area (Å²) < 4.78 is 6.10. The normalized spacial score (nSPS) is 23.6. The smallest absolute Gasteiger partial charge is 0.146 e. The summed E-state index contributed by atoms with van der Waals surface area (Å²) in [4.78, 5) is 9.15. The van der Waals surface area contributed by atoms with Crippen molar-refractivity contribution in [3.63, 3.8) is 0 Å². The van der Waals surface area contributed by atoms with Crippen LogP contribution in [-0.4, -0.2) is 17.1 Å². The van der Waals surface area contributed by atoms with E-state index in [9.17, 15) is 0 Å². The molecule has 0 radical (unpaired) electrons. The van der Waals surface area contributed by atoms with Crippen molar-refractivity contribution in [1.29, 1.82) is 0 Å². The van der Waals surface area contributed by atoms with Crippen molar-refractivity contribution in [2.75, 3.05) is 7.11 Å². The molecule has 2 rings (SSSR count). The zero-order chi connectivity index (χ0) is 13.8. The summed E-state index contributed by atoms with van der Waals surface area (Å²) in [7, 11) is 1.68. The molecule has 0 unspecified atom stereocenters. The van der Waals surface area contributed by atoms with E-state index in [0.717, 1.165) is 21.0 Å². The first-order valence-corrected chi connectivity index (χ1v) is 8.32. The minimum Gasteiger partial charge on any atom is -0.378 e. The summed E-state index contributed by atoms with van der Waals surface area (Å²) >= 11 is 8.40. The molecule has 106 valence electrons. The maximum Gasteiger partial charge on any atom is 0.146 e. The van der Waals surface area contributed by atoms with E-state index >= 15 is 0 Å². The van der Waals surface area contributed by atoms with Crippen LogP contribution < -0.4 is 0 Å². The van der Waals surface area contributed by atoms with E-state index in [1.807, 2.05) is 0 Å². The van der Waals surface area contributed by atoms with Crippen LogP contribution >= 0.6 is 34.2 Å². The second kappa shape index (κ2) is 7.18. The van der Waals surface area contributed by atoms with Gasteiger partial charge in [0.1, 0.15) is 11.0 Å². The number of rotatable bonds is 4. The van der Waals surface area contributed by atoms with Crippen LogP contribution in [0.1, 0.15) is 56.5 Å². The Morgan fingerprint density at radius 2 is 1.95 bits per heavy atom. The number of halogens is 2. The highest BCUT2D eigenvalue weighted by Crippen LogP contribution is 2.36. The average Bonchev–Trinajstić information content (AvgIpc) is 2.44. The van der Waals surface area contributed by atoms with Crippen LogP contribution in [0.25, 0.3) is 0 Å². The summed E-state index contributed by atoms with van der Waals surface area (Å²) in [6.07, 6.45) is 6.22. The molecule has 0 saturated heterocycles. The van der Waals surface area contributed by atoms with Gasteiger partial charge < -0.3 is 4.74 Å². The van der Waals surface area contributed by atoms with Gasteiger partial charge in [-0.2, -0.15) is 0 Å². The molecule has 0 aliphatic heterocycles. The van der Waals surface area contributed by atoms with Crippen molar-refractivity contribution in [1.82, 2.24) is 9.97 Å². The van der Waals surface area contributed by atoms with Gasteiger partial charge in [0.15, 0.2) is 0 Å². The summed E-state index contributed by atoms with van der Waals surface area (Å²) in [5.41, 5.74) is 0.913. The molecular formula is C14H20ClIN2O. The van der Waals surface area contributed by atoms with Crippen molar-refractivity contribution in [3.05, 3.63) is 20.2 Å². The molecule has 0 bridgehead atoms. The van der Waals surface area contributed by atoms with Gasteiger partial charge in [-0.15, -0.1) is 0 Å².